The molecule has 3 aromatic rings. The Labute approximate surface area is 191 Å². The van der Waals surface area contributed by atoms with Crippen molar-refractivity contribution in [2.24, 2.45) is 11.0 Å². The lowest BCUT2D eigenvalue weighted by molar-refractivity contribution is 0.288. The summed E-state index contributed by atoms with van der Waals surface area (Å²) >= 11 is 7.40. The largest absolute Gasteiger partial charge is 0.253 e. The summed E-state index contributed by atoms with van der Waals surface area (Å²) in [5.74, 6) is 0.580. The Morgan fingerprint density at radius 2 is 1.94 bits per heavy atom. The van der Waals surface area contributed by atoms with Gasteiger partial charge in [0.25, 0.3) is 0 Å². The van der Waals surface area contributed by atoms with E-state index in [1.807, 2.05) is 29.6 Å². The van der Waals surface area contributed by atoms with Crippen LogP contribution in [0.3, 0.4) is 0 Å². The number of piperidine rings is 1. The van der Waals surface area contributed by atoms with Crippen molar-refractivity contribution in [2.75, 3.05) is 18.5 Å². The summed E-state index contributed by atoms with van der Waals surface area (Å²) in [5, 5.41) is 7.40. The predicted octanol–water partition coefficient (Wildman–Crippen LogP) is 5.33. The van der Waals surface area contributed by atoms with E-state index >= 15 is 0 Å². The zero-order chi connectivity index (χ0) is 21.8. The van der Waals surface area contributed by atoms with Crippen LogP contribution in [0.5, 0.6) is 0 Å². The number of anilines is 1. The van der Waals surface area contributed by atoms with Crippen molar-refractivity contribution in [1.29, 1.82) is 0 Å². The molecule has 1 saturated heterocycles. The number of hydrogen-bond acceptors (Lipinski definition) is 6. The molecule has 0 radical (unpaired) electrons. The zero-order valence-corrected chi connectivity index (χ0v) is 19.4. The first-order valence-electron chi connectivity index (χ1n) is 10.0. The second-order valence-electron chi connectivity index (χ2n) is 7.57. The molecule has 0 bridgehead atoms. The monoisotopic (exact) mass is 474 g/mol. The van der Waals surface area contributed by atoms with Crippen LogP contribution in [0.25, 0.3) is 11.3 Å². The first-order valence-corrected chi connectivity index (χ1v) is 12.7. The van der Waals surface area contributed by atoms with E-state index in [2.05, 4.69) is 22.4 Å². The van der Waals surface area contributed by atoms with Crippen LogP contribution in [-0.2, 0) is 10.0 Å². The SMILES string of the molecule is CC1CCN(S(=O)(=O)c2ccc(-c3csc(NN=Cc4cccc(Cl)c4)n3)cc2)CC1. The van der Waals surface area contributed by atoms with Gasteiger partial charge in [-0.15, -0.1) is 11.3 Å². The van der Waals surface area contributed by atoms with Crippen LogP contribution < -0.4 is 5.43 Å². The van der Waals surface area contributed by atoms with E-state index in [1.165, 1.54) is 11.3 Å². The number of aromatic nitrogens is 1. The topological polar surface area (TPSA) is 74.7 Å². The van der Waals surface area contributed by atoms with E-state index in [4.69, 9.17) is 11.6 Å². The number of nitrogens with one attached hydrogen (secondary N) is 1. The number of hydrogen-bond donors (Lipinski definition) is 1. The maximum atomic E-state index is 12.9. The third kappa shape index (κ3) is 5.33. The van der Waals surface area contributed by atoms with Gasteiger partial charge in [0.15, 0.2) is 0 Å². The molecule has 31 heavy (non-hydrogen) atoms. The standard InChI is InChI=1S/C22H23ClN4O2S2/c1-16-9-11-27(12-10-16)31(28,29)20-7-5-18(6-8-20)21-15-30-22(25-21)26-24-14-17-3-2-4-19(23)13-17/h2-8,13-16H,9-12H2,1H3,(H,25,26). The van der Waals surface area contributed by atoms with E-state index in [9.17, 15) is 8.42 Å². The highest BCUT2D eigenvalue weighted by atomic mass is 35.5. The maximum absolute atomic E-state index is 12.9. The van der Waals surface area contributed by atoms with Gasteiger partial charge in [-0.1, -0.05) is 42.8 Å². The molecular formula is C22H23ClN4O2S2. The summed E-state index contributed by atoms with van der Waals surface area (Å²) in [6.45, 7) is 3.34. The summed E-state index contributed by atoms with van der Waals surface area (Å²) in [6, 6.07) is 14.3. The van der Waals surface area contributed by atoms with Crippen molar-refractivity contribution >= 4 is 44.3 Å². The molecule has 0 saturated carbocycles. The first kappa shape index (κ1) is 22.0. The quantitative estimate of drug-likeness (QED) is 0.387. The molecule has 4 rings (SSSR count). The van der Waals surface area contributed by atoms with E-state index in [0.717, 1.165) is 29.7 Å². The van der Waals surface area contributed by atoms with Crippen molar-refractivity contribution in [3.05, 3.63) is 64.5 Å². The van der Waals surface area contributed by atoms with Crippen molar-refractivity contribution in [3.63, 3.8) is 0 Å². The molecule has 0 amide bonds. The first-order chi connectivity index (χ1) is 14.9. The van der Waals surface area contributed by atoms with Gasteiger partial charge in [-0.25, -0.2) is 13.4 Å². The number of rotatable bonds is 6. The molecule has 1 aromatic heterocycles. The Balaban J connectivity index is 1.42. The minimum Gasteiger partial charge on any atom is -0.253 e. The van der Waals surface area contributed by atoms with Crippen molar-refractivity contribution in [1.82, 2.24) is 9.29 Å². The normalized spacial score (nSPS) is 16.1. The summed E-state index contributed by atoms with van der Waals surface area (Å²) in [5.41, 5.74) is 5.42. The molecule has 1 aliphatic rings. The zero-order valence-electron chi connectivity index (χ0n) is 17.0. The third-order valence-corrected chi connectivity index (χ3v) is 8.15. The van der Waals surface area contributed by atoms with Gasteiger partial charge in [0.1, 0.15) is 0 Å². The summed E-state index contributed by atoms with van der Waals surface area (Å²) < 4.78 is 27.3. The van der Waals surface area contributed by atoms with Crippen LogP contribution in [-0.4, -0.2) is 37.0 Å². The molecule has 0 aliphatic carbocycles. The number of sulfonamides is 1. The van der Waals surface area contributed by atoms with Crippen molar-refractivity contribution < 1.29 is 8.42 Å². The summed E-state index contributed by atoms with van der Waals surface area (Å²) in [4.78, 5) is 4.85. The van der Waals surface area contributed by atoms with E-state index < -0.39 is 10.0 Å². The van der Waals surface area contributed by atoms with Gasteiger partial charge in [-0.2, -0.15) is 9.41 Å². The Morgan fingerprint density at radius 1 is 1.19 bits per heavy atom. The van der Waals surface area contributed by atoms with E-state index in [-0.39, 0.29) is 0 Å². The molecule has 1 fully saturated rings. The van der Waals surface area contributed by atoms with E-state index in [1.54, 1.807) is 34.8 Å². The number of hydrazone groups is 1. The number of thiazole rings is 1. The minimum atomic E-state index is -3.45. The van der Waals surface area contributed by atoms with Gasteiger partial charge in [0.2, 0.25) is 15.2 Å². The Morgan fingerprint density at radius 3 is 2.65 bits per heavy atom. The molecule has 1 N–H and O–H groups in total. The molecule has 2 heterocycles. The molecule has 2 aromatic carbocycles. The van der Waals surface area contributed by atoms with Crippen LogP contribution in [0.1, 0.15) is 25.3 Å². The molecule has 0 atom stereocenters. The molecule has 0 unspecified atom stereocenters. The van der Waals surface area contributed by atoms with Gasteiger partial charge in [0.05, 0.1) is 16.8 Å². The molecule has 9 heteroatoms. The molecule has 6 nitrogen and oxygen atoms in total. The molecular weight excluding hydrogens is 452 g/mol. The second-order valence-corrected chi connectivity index (χ2v) is 10.8. The van der Waals surface area contributed by atoms with Crippen LogP contribution in [0.4, 0.5) is 5.13 Å². The van der Waals surface area contributed by atoms with Crippen molar-refractivity contribution in [3.8, 4) is 11.3 Å². The smallest absolute Gasteiger partial charge is 0.243 e. The van der Waals surface area contributed by atoms with Gasteiger partial charge in [0, 0.05) is 29.1 Å². The number of benzene rings is 2. The highest BCUT2D eigenvalue weighted by Crippen LogP contribution is 2.28. The van der Waals surface area contributed by atoms with Gasteiger partial charge >= 0.3 is 0 Å². The number of nitrogens with zero attached hydrogens (tertiary/aromatic N) is 3. The van der Waals surface area contributed by atoms with Crippen LogP contribution in [0.2, 0.25) is 5.02 Å². The fourth-order valence-corrected chi connectivity index (χ4v) is 5.72. The lowest BCUT2D eigenvalue weighted by atomic mass is 10.0. The summed E-state index contributed by atoms with van der Waals surface area (Å²) in [6.07, 6.45) is 3.49. The highest BCUT2D eigenvalue weighted by molar-refractivity contribution is 7.89. The maximum Gasteiger partial charge on any atom is 0.243 e. The summed E-state index contributed by atoms with van der Waals surface area (Å²) in [7, 11) is -3.45. The lowest BCUT2D eigenvalue weighted by Crippen LogP contribution is -2.37. The van der Waals surface area contributed by atoms with E-state index in [0.29, 0.717) is 34.1 Å². The van der Waals surface area contributed by atoms with Crippen molar-refractivity contribution in [2.45, 2.75) is 24.7 Å². The van der Waals surface area contributed by atoms with Gasteiger partial charge in [-0.3, -0.25) is 5.43 Å². The van der Waals surface area contributed by atoms with Crippen LogP contribution in [0.15, 0.2) is 63.9 Å². The molecule has 1 aliphatic heterocycles. The Kier molecular flexibility index (Phi) is 6.71. The molecule has 162 valence electrons. The fraction of sp³-hybridized carbons (Fsp3) is 0.273. The fourth-order valence-electron chi connectivity index (χ4n) is 3.38. The third-order valence-electron chi connectivity index (χ3n) is 5.26. The number of halogens is 1. The second kappa shape index (κ2) is 9.48. The highest BCUT2D eigenvalue weighted by Gasteiger charge is 2.27. The average molecular weight is 475 g/mol. The van der Waals surface area contributed by atoms with Gasteiger partial charge in [-0.05, 0) is 48.6 Å². The molecule has 0 spiro atoms. The Hall–Kier alpha value is -2.26. The Bertz CT molecular complexity index is 1170. The average Bonchev–Trinajstić information content (AvgIpc) is 3.23. The minimum absolute atomic E-state index is 0.325. The lowest BCUT2D eigenvalue weighted by Gasteiger charge is -2.29. The predicted molar refractivity (Wildman–Crippen MR) is 127 cm³/mol. The van der Waals surface area contributed by atoms with Crippen LogP contribution >= 0.6 is 22.9 Å². The van der Waals surface area contributed by atoms with Crippen LogP contribution in [0, 0.1) is 5.92 Å². The van der Waals surface area contributed by atoms with Gasteiger partial charge < -0.3 is 0 Å².